The Morgan fingerprint density at radius 2 is 2.29 bits per heavy atom. The third-order valence-electron chi connectivity index (χ3n) is 2.74. The summed E-state index contributed by atoms with van der Waals surface area (Å²) in [5.74, 6) is 0. The van der Waals surface area contributed by atoms with Crippen molar-refractivity contribution < 1.29 is 0 Å². The largest absolute Gasteiger partial charge is 0.298 e. The second-order valence-corrected chi connectivity index (χ2v) is 4.15. The zero-order chi connectivity index (χ0) is 9.97. The summed E-state index contributed by atoms with van der Waals surface area (Å²) < 4.78 is 0. The highest BCUT2D eigenvalue weighted by Gasteiger charge is 2.21. The molecule has 0 aliphatic carbocycles. The van der Waals surface area contributed by atoms with E-state index in [1.54, 1.807) is 6.20 Å². The average molecular weight is 212 g/mol. The second kappa shape index (κ2) is 4.24. The van der Waals surface area contributed by atoms with Crippen molar-refractivity contribution in [2.75, 3.05) is 13.6 Å². The van der Waals surface area contributed by atoms with E-state index < -0.39 is 0 Å². The van der Waals surface area contributed by atoms with Gasteiger partial charge in [-0.2, -0.15) is 0 Å². The zero-order valence-electron chi connectivity index (χ0n) is 8.28. The van der Waals surface area contributed by atoms with Gasteiger partial charge in [0.1, 0.15) is 5.15 Å². The van der Waals surface area contributed by atoms with E-state index in [1.165, 1.54) is 12.8 Å². The summed E-state index contributed by atoms with van der Waals surface area (Å²) in [6.07, 6.45) is 7.10. The van der Waals surface area contributed by atoms with Crippen LogP contribution in [0.25, 0.3) is 0 Å². The number of hydrogen-bond acceptors (Lipinski definition) is 3. The molecule has 1 saturated heterocycles. The number of hydrogen-bond donors (Lipinski definition) is 0. The summed E-state index contributed by atoms with van der Waals surface area (Å²) in [7, 11) is 2.13. The van der Waals surface area contributed by atoms with Crippen molar-refractivity contribution in [3.8, 4) is 0 Å². The first-order valence-electron chi connectivity index (χ1n) is 4.95. The van der Waals surface area contributed by atoms with E-state index in [2.05, 4.69) is 21.9 Å². The van der Waals surface area contributed by atoms with Gasteiger partial charge in [0.2, 0.25) is 0 Å². The molecule has 1 aliphatic rings. The average Bonchev–Trinajstić information content (AvgIpc) is 2.18. The number of piperidine rings is 1. The molecule has 1 aromatic heterocycles. The first-order chi connectivity index (χ1) is 6.77. The minimum absolute atomic E-state index is 0.398. The molecule has 4 heteroatoms. The van der Waals surface area contributed by atoms with Gasteiger partial charge >= 0.3 is 0 Å². The molecule has 2 heterocycles. The van der Waals surface area contributed by atoms with Crippen LogP contribution in [-0.2, 0) is 0 Å². The Morgan fingerprint density at radius 3 is 3.00 bits per heavy atom. The van der Waals surface area contributed by atoms with E-state index in [4.69, 9.17) is 11.6 Å². The van der Waals surface area contributed by atoms with Crippen LogP contribution in [0.4, 0.5) is 0 Å². The van der Waals surface area contributed by atoms with Crippen molar-refractivity contribution in [2.24, 2.45) is 0 Å². The molecule has 3 nitrogen and oxygen atoms in total. The van der Waals surface area contributed by atoms with Crippen LogP contribution in [0.1, 0.15) is 31.0 Å². The second-order valence-electron chi connectivity index (χ2n) is 3.76. The molecule has 0 N–H and O–H groups in total. The van der Waals surface area contributed by atoms with Crippen molar-refractivity contribution >= 4 is 11.6 Å². The van der Waals surface area contributed by atoms with Crippen LogP contribution in [0.3, 0.4) is 0 Å². The summed E-state index contributed by atoms with van der Waals surface area (Å²) >= 11 is 5.82. The number of halogens is 1. The quantitative estimate of drug-likeness (QED) is 0.714. The maximum Gasteiger partial charge on any atom is 0.147 e. The van der Waals surface area contributed by atoms with E-state index in [9.17, 15) is 0 Å². The molecular weight excluding hydrogens is 198 g/mol. The molecule has 2 rings (SSSR count). The SMILES string of the molecule is CN1CCCC[C@@H]1c1cncc(Cl)n1. The minimum atomic E-state index is 0.398. The van der Waals surface area contributed by atoms with E-state index in [1.807, 2.05) is 6.20 Å². The molecular formula is C10H14ClN3. The van der Waals surface area contributed by atoms with E-state index in [0.29, 0.717) is 11.2 Å². The van der Waals surface area contributed by atoms with Gasteiger partial charge in [-0.15, -0.1) is 0 Å². The van der Waals surface area contributed by atoms with Gasteiger partial charge in [-0.3, -0.25) is 9.88 Å². The van der Waals surface area contributed by atoms with Crippen molar-refractivity contribution in [3.63, 3.8) is 0 Å². The van der Waals surface area contributed by atoms with Crippen LogP contribution >= 0.6 is 11.6 Å². The van der Waals surface area contributed by atoms with Gasteiger partial charge in [0.15, 0.2) is 0 Å². The lowest BCUT2D eigenvalue weighted by Crippen LogP contribution is -2.30. The summed E-state index contributed by atoms with van der Waals surface area (Å²) in [4.78, 5) is 10.7. The number of nitrogens with zero attached hydrogens (tertiary/aromatic N) is 3. The monoisotopic (exact) mass is 211 g/mol. The molecule has 1 fully saturated rings. The van der Waals surface area contributed by atoms with Gasteiger partial charge in [-0.1, -0.05) is 18.0 Å². The lowest BCUT2D eigenvalue weighted by atomic mass is 10.0. The summed E-state index contributed by atoms with van der Waals surface area (Å²) in [6, 6.07) is 0.398. The molecule has 0 radical (unpaired) electrons. The lowest BCUT2D eigenvalue weighted by Gasteiger charge is -2.31. The van der Waals surface area contributed by atoms with Gasteiger partial charge in [-0.05, 0) is 26.4 Å². The van der Waals surface area contributed by atoms with E-state index >= 15 is 0 Å². The third kappa shape index (κ3) is 2.04. The highest BCUT2D eigenvalue weighted by molar-refractivity contribution is 6.29. The molecule has 0 bridgehead atoms. The predicted octanol–water partition coefficient (Wildman–Crippen LogP) is 2.29. The highest BCUT2D eigenvalue weighted by Crippen LogP contribution is 2.28. The van der Waals surface area contributed by atoms with Crippen LogP contribution < -0.4 is 0 Å². The molecule has 76 valence electrons. The van der Waals surface area contributed by atoms with Crippen LogP contribution in [-0.4, -0.2) is 28.5 Å². The maximum atomic E-state index is 5.82. The first-order valence-corrected chi connectivity index (χ1v) is 5.33. The summed E-state index contributed by atoms with van der Waals surface area (Å²) in [5.41, 5.74) is 1.000. The van der Waals surface area contributed by atoms with Crippen molar-refractivity contribution in [3.05, 3.63) is 23.2 Å². The molecule has 1 aromatic rings. The molecule has 1 aliphatic heterocycles. The van der Waals surface area contributed by atoms with Crippen LogP contribution in [0, 0.1) is 0 Å². The molecule has 0 amide bonds. The van der Waals surface area contributed by atoms with Gasteiger partial charge in [-0.25, -0.2) is 4.98 Å². The first kappa shape index (κ1) is 9.87. The van der Waals surface area contributed by atoms with Crippen molar-refractivity contribution in [2.45, 2.75) is 25.3 Å². The molecule has 0 aromatic carbocycles. The molecule has 0 spiro atoms. The van der Waals surface area contributed by atoms with Gasteiger partial charge < -0.3 is 0 Å². The number of likely N-dealkylation sites (tertiary alicyclic amines) is 1. The molecule has 0 saturated carbocycles. The smallest absolute Gasteiger partial charge is 0.147 e. The summed E-state index contributed by atoms with van der Waals surface area (Å²) in [5, 5.41) is 0.487. The van der Waals surface area contributed by atoms with Crippen molar-refractivity contribution in [1.82, 2.24) is 14.9 Å². The van der Waals surface area contributed by atoms with Crippen molar-refractivity contribution in [1.29, 1.82) is 0 Å². The normalized spacial score (nSPS) is 23.7. The fraction of sp³-hybridized carbons (Fsp3) is 0.600. The Hall–Kier alpha value is -0.670. The van der Waals surface area contributed by atoms with Gasteiger partial charge in [0.05, 0.1) is 24.1 Å². The topological polar surface area (TPSA) is 29.0 Å². The molecule has 0 unspecified atom stereocenters. The Labute approximate surface area is 89.1 Å². The number of rotatable bonds is 1. The maximum absolute atomic E-state index is 5.82. The van der Waals surface area contributed by atoms with Crippen LogP contribution in [0.15, 0.2) is 12.4 Å². The van der Waals surface area contributed by atoms with Crippen LogP contribution in [0.2, 0.25) is 5.15 Å². The van der Waals surface area contributed by atoms with E-state index in [-0.39, 0.29) is 0 Å². The Kier molecular flexibility index (Phi) is 2.99. The highest BCUT2D eigenvalue weighted by atomic mass is 35.5. The van der Waals surface area contributed by atoms with Gasteiger partial charge in [0.25, 0.3) is 0 Å². The lowest BCUT2D eigenvalue weighted by molar-refractivity contribution is 0.183. The Balaban J connectivity index is 2.20. The zero-order valence-corrected chi connectivity index (χ0v) is 9.04. The van der Waals surface area contributed by atoms with Crippen LogP contribution in [0.5, 0.6) is 0 Å². The predicted molar refractivity (Wildman–Crippen MR) is 56.3 cm³/mol. The fourth-order valence-electron chi connectivity index (χ4n) is 1.97. The molecule has 14 heavy (non-hydrogen) atoms. The Morgan fingerprint density at radius 1 is 1.43 bits per heavy atom. The van der Waals surface area contributed by atoms with E-state index in [0.717, 1.165) is 18.7 Å². The number of aromatic nitrogens is 2. The minimum Gasteiger partial charge on any atom is -0.298 e. The fourth-order valence-corrected chi connectivity index (χ4v) is 2.12. The third-order valence-corrected chi connectivity index (χ3v) is 2.92. The standard InChI is InChI=1S/C10H14ClN3/c1-14-5-3-2-4-9(14)8-6-12-7-10(11)13-8/h6-7,9H,2-5H2,1H3/t9-/m1/s1. The molecule has 1 atom stereocenters. The summed E-state index contributed by atoms with van der Waals surface area (Å²) in [6.45, 7) is 1.14. The Bertz CT molecular complexity index is 316. The van der Waals surface area contributed by atoms with Gasteiger partial charge in [0, 0.05) is 0 Å².